The maximum atomic E-state index is 12.1. The van der Waals surface area contributed by atoms with Gasteiger partial charge in [0.05, 0.1) is 17.1 Å². The second kappa shape index (κ2) is 8.49. The maximum Gasteiger partial charge on any atom is 0.162 e. The normalized spacial score (nSPS) is 19.3. The fourth-order valence-corrected chi connectivity index (χ4v) is 4.96. The van der Waals surface area contributed by atoms with Crippen molar-refractivity contribution in [1.82, 2.24) is 19.9 Å². The Bertz CT molecular complexity index is 1050. The molecule has 2 aromatic heterocycles. The molecule has 5 nitrogen and oxygen atoms in total. The monoisotopic (exact) mass is 408 g/mol. The first-order chi connectivity index (χ1) is 14.1. The molecular formula is C23H28N4OS. The highest BCUT2D eigenvalue weighted by Gasteiger charge is 2.21. The van der Waals surface area contributed by atoms with Crippen molar-refractivity contribution < 1.29 is 4.79 Å². The van der Waals surface area contributed by atoms with Crippen molar-refractivity contribution in [2.24, 2.45) is 5.92 Å². The molecule has 1 aliphatic heterocycles. The number of carbonyl (C=O) groups is 1. The number of aromatic nitrogens is 3. The van der Waals surface area contributed by atoms with E-state index in [1.807, 2.05) is 32.0 Å². The molecule has 0 amide bonds. The smallest absolute Gasteiger partial charge is 0.162 e. The Morgan fingerprint density at radius 1 is 1.28 bits per heavy atom. The highest BCUT2D eigenvalue weighted by Crippen LogP contribution is 2.29. The Kier molecular flexibility index (Phi) is 5.81. The zero-order chi connectivity index (χ0) is 20.4. The van der Waals surface area contributed by atoms with E-state index in [0.29, 0.717) is 18.4 Å². The second-order valence-corrected chi connectivity index (χ2v) is 8.59. The number of carbonyl (C=O) groups excluding carboxylic acids is 1. The predicted octanol–water partition coefficient (Wildman–Crippen LogP) is 5.21. The minimum Gasteiger partial charge on any atom is -0.382 e. The van der Waals surface area contributed by atoms with Gasteiger partial charge in [-0.1, -0.05) is 13.0 Å². The molecule has 0 saturated heterocycles. The Hall–Kier alpha value is -2.47. The van der Waals surface area contributed by atoms with Crippen LogP contribution in [0, 0.1) is 12.8 Å². The fraction of sp³-hybridized carbons (Fsp3) is 0.435. The van der Waals surface area contributed by atoms with E-state index in [0.717, 1.165) is 53.9 Å². The van der Waals surface area contributed by atoms with E-state index >= 15 is 0 Å². The molecule has 0 fully saturated rings. The zero-order valence-electron chi connectivity index (χ0n) is 17.3. The third kappa shape index (κ3) is 4.13. The average molecular weight is 409 g/mol. The first-order valence-electron chi connectivity index (χ1n) is 10.5. The molecule has 152 valence electrons. The van der Waals surface area contributed by atoms with Crippen LogP contribution >= 0.6 is 11.3 Å². The number of hydrogen-bond donors (Lipinski definition) is 1. The van der Waals surface area contributed by atoms with Gasteiger partial charge in [0, 0.05) is 36.0 Å². The zero-order valence-corrected chi connectivity index (χ0v) is 18.1. The van der Waals surface area contributed by atoms with Gasteiger partial charge < -0.3 is 9.88 Å². The van der Waals surface area contributed by atoms with Crippen molar-refractivity contribution in [2.75, 3.05) is 0 Å². The first kappa shape index (κ1) is 19.8. The lowest BCUT2D eigenvalue weighted by molar-refractivity contribution is 0.0988. The van der Waals surface area contributed by atoms with Gasteiger partial charge in [0.1, 0.15) is 10.8 Å². The summed E-state index contributed by atoms with van der Waals surface area (Å²) in [6.07, 6.45) is 7.95. The number of Topliss-reactive ketones (excluding diaryl/α,β-unsaturated/α-hetero) is 1. The van der Waals surface area contributed by atoms with Gasteiger partial charge >= 0.3 is 0 Å². The van der Waals surface area contributed by atoms with Crippen molar-refractivity contribution in [3.05, 3.63) is 57.9 Å². The third-order valence-corrected chi connectivity index (χ3v) is 6.73. The molecule has 0 bridgehead atoms. The molecule has 4 rings (SSSR count). The molecule has 3 aromatic rings. The van der Waals surface area contributed by atoms with Crippen LogP contribution in [-0.2, 0) is 13.0 Å². The summed E-state index contributed by atoms with van der Waals surface area (Å²) in [5.74, 6) is 1.70. The van der Waals surface area contributed by atoms with Gasteiger partial charge in [0.25, 0.3) is 0 Å². The molecule has 2 atom stereocenters. The number of hydrogen-bond acceptors (Lipinski definition) is 5. The summed E-state index contributed by atoms with van der Waals surface area (Å²) in [5, 5.41) is 6.79. The van der Waals surface area contributed by atoms with Gasteiger partial charge in [0.2, 0.25) is 0 Å². The summed E-state index contributed by atoms with van der Waals surface area (Å²) in [4.78, 5) is 21.6. The van der Waals surface area contributed by atoms with E-state index in [9.17, 15) is 4.79 Å². The van der Waals surface area contributed by atoms with E-state index in [1.54, 1.807) is 11.3 Å². The number of aryl methyl sites for hydroxylation is 2. The first-order valence-corrected chi connectivity index (χ1v) is 11.3. The highest BCUT2D eigenvalue weighted by atomic mass is 32.1. The standard InChI is InChI=1S/C23H28N4OS/c1-4-21(28)17-7-9-20-19(13-17)26-22(27(20)5-2)12-16-6-8-18(24-11-10-16)23-25-15(3)14-29-23/h7,9-11,13-14,16,18,24H,4-6,8,12H2,1-3H3. The van der Waals surface area contributed by atoms with Crippen molar-refractivity contribution in [1.29, 1.82) is 0 Å². The summed E-state index contributed by atoms with van der Waals surface area (Å²) in [7, 11) is 0. The fourth-order valence-electron chi connectivity index (χ4n) is 4.07. The number of fused-ring (bicyclic) bond motifs is 1. The van der Waals surface area contributed by atoms with Gasteiger partial charge in [-0.05, 0) is 57.0 Å². The number of allylic oxidation sites excluding steroid dienone is 1. The van der Waals surface area contributed by atoms with E-state index < -0.39 is 0 Å². The van der Waals surface area contributed by atoms with Crippen molar-refractivity contribution in [3.8, 4) is 0 Å². The van der Waals surface area contributed by atoms with Crippen LogP contribution in [0.25, 0.3) is 11.0 Å². The van der Waals surface area contributed by atoms with Gasteiger partial charge in [-0.15, -0.1) is 11.3 Å². The Balaban J connectivity index is 1.53. The Morgan fingerprint density at radius 2 is 2.14 bits per heavy atom. The van der Waals surface area contributed by atoms with Crippen LogP contribution in [0.3, 0.4) is 0 Å². The van der Waals surface area contributed by atoms with Gasteiger partial charge in [-0.25, -0.2) is 9.97 Å². The molecule has 0 spiro atoms. The largest absolute Gasteiger partial charge is 0.382 e. The average Bonchev–Trinajstić information content (AvgIpc) is 3.22. The minimum absolute atomic E-state index is 0.167. The molecule has 6 heteroatoms. The molecule has 1 aromatic carbocycles. The third-order valence-electron chi connectivity index (χ3n) is 5.66. The number of nitrogens with zero attached hydrogens (tertiary/aromatic N) is 3. The lowest BCUT2D eigenvalue weighted by Gasteiger charge is -2.14. The number of ketones is 1. The van der Waals surface area contributed by atoms with Crippen LogP contribution in [-0.4, -0.2) is 20.3 Å². The van der Waals surface area contributed by atoms with Crippen molar-refractivity contribution >= 4 is 28.2 Å². The van der Waals surface area contributed by atoms with Gasteiger partial charge in [0.15, 0.2) is 5.78 Å². The number of rotatable bonds is 6. The second-order valence-electron chi connectivity index (χ2n) is 7.70. The van der Waals surface area contributed by atoms with Crippen LogP contribution in [0.1, 0.15) is 66.0 Å². The lowest BCUT2D eigenvalue weighted by Crippen LogP contribution is -2.14. The van der Waals surface area contributed by atoms with Gasteiger partial charge in [-0.3, -0.25) is 4.79 Å². The Labute approximate surface area is 175 Å². The summed E-state index contributed by atoms with van der Waals surface area (Å²) < 4.78 is 2.28. The highest BCUT2D eigenvalue weighted by molar-refractivity contribution is 7.09. The molecule has 0 saturated carbocycles. The van der Waals surface area contributed by atoms with Crippen molar-refractivity contribution in [2.45, 2.75) is 59.0 Å². The van der Waals surface area contributed by atoms with E-state index in [-0.39, 0.29) is 5.78 Å². The number of thiazole rings is 1. The SMILES string of the molecule is CCC(=O)c1ccc2c(c1)nc(CC1C=CNC(c3nc(C)cs3)CC1)n2CC. The topological polar surface area (TPSA) is 59.8 Å². The number of nitrogens with one attached hydrogen (secondary N) is 1. The quantitative estimate of drug-likeness (QED) is 0.569. The summed E-state index contributed by atoms with van der Waals surface area (Å²) in [6.45, 7) is 6.98. The molecule has 0 radical (unpaired) electrons. The van der Waals surface area contributed by atoms with Crippen LogP contribution in [0.5, 0.6) is 0 Å². The Morgan fingerprint density at radius 3 is 2.86 bits per heavy atom. The van der Waals surface area contributed by atoms with Crippen LogP contribution in [0.2, 0.25) is 0 Å². The number of benzene rings is 1. The molecule has 2 unspecified atom stereocenters. The summed E-state index contributed by atoms with van der Waals surface area (Å²) >= 11 is 1.73. The number of imidazole rings is 1. The molecule has 29 heavy (non-hydrogen) atoms. The molecular weight excluding hydrogens is 380 g/mol. The van der Waals surface area contributed by atoms with Crippen LogP contribution < -0.4 is 5.32 Å². The molecule has 1 aliphatic rings. The molecule has 3 heterocycles. The van der Waals surface area contributed by atoms with E-state index in [4.69, 9.17) is 4.98 Å². The van der Waals surface area contributed by atoms with Crippen LogP contribution in [0.15, 0.2) is 35.9 Å². The van der Waals surface area contributed by atoms with Gasteiger partial charge in [-0.2, -0.15) is 0 Å². The lowest BCUT2D eigenvalue weighted by atomic mass is 9.97. The summed E-state index contributed by atoms with van der Waals surface area (Å²) in [6, 6.07) is 6.22. The minimum atomic E-state index is 0.167. The van der Waals surface area contributed by atoms with Crippen LogP contribution in [0.4, 0.5) is 0 Å². The molecule has 1 N–H and O–H groups in total. The van der Waals surface area contributed by atoms with E-state index in [2.05, 4.69) is 39.4 Å². The molecule has 0 aliphatic carbocycles. The van der Waals surface area contributed by atoms with E-state index in [1.165, 1.54) is 5.01 Å². The van der Waals surface area contributed by atoms with Crippen molar-refractivity contribution in [3.63, 3.8) is 0 Å². The summed E-state index contributed by atoms with van der Waals surface area (Å²) in [5.41, 5.74) is 3.89. The maximum absolute atomic E-state index is 12.1. The predicted molar refractivity (Wildman–Crippen MR) is 118 cm³/mol.